The van der Waals surface area contributed by atoms with E-state index in [1.807, 2.05) is 36.4 Å². The lowest BCUT2D eigenvalue weighted by atomic mass is 9.62. The molecule has 1 aliphatic heterocycles. The van der Waals surface area contributed by atoms with Gasteiger partial charge >= 0.3 is 12.1 Å². The number of carboxylic acid groups (broad SMARTS) is 1. The number of piperidine rings is 1. The number of rotatable bonds is 3. The third-order valence-electron chi connectivity index (χ3n) is 7.50. The van der Waals surface area contributed by atoms with Crippen molar-refractivity contribution in [2.75, 3.05) is 19.7 Å². The van der Waals surface area contributed by atoms with Crippen LogP contribution in [0, 0.1) is 11.3 Å². The van der Waals surface area contributed by atoms with Crippen LogP contribution in [0.15, 0.2) is 48.5 Å². The van der Waals surface area contributed by atoms with Gasteiger partial charge in [-0.2, -0.15) is 0 Å². The van der Waals surface area contributed by atoms with Crippen molar-refractivity contribution in [1.29, 1.82) is 0 Å². The Morgan fingerprint density at radius 1 is 1.03 bits per heavy atom. The molecular formula is C25H25F2NO4. The van der Waals surface area contributed by atoms with E-state index in [9.17, 15) is 23.5 Å². The molecule has 0 radical (unpaired) electrons. The Hall–Kier alpha value is -2.96. The Labute approximate surface area is 185 Å². The van der Waals surface area contributed by atoms with E-state index in [-0.39, 0.29) is 38.5 Å². The SMILES string of the molecule is O=C(OCC1c2ccccc2-c2ccccc21)N1CCC2CC(F)(F)CCC2(C(=O)O)C1. The maximum absolute atomic E-state index is 13.9. The van der Waals surface area contributed by atoms with Gasteiger partial charge in [0.1, 0.15) is 6.61 Å². The molecule has 3 aliphatic rings. The molecule has 0 aromatic heterocycles. The lowest BCUT2D eigenvalue weighted by Crippen LogP contribution is -2.58. The molecule has 1 N–H and O–H groups in total. The van der Waals surface area contributed by atoms with Crippen molar-refractivity contribution in [2.45, 2.75) is 37.5 Å². The molecule has 2 aromatic carbocycles. The first-order valence-electron chi connectivity index (χ1n) is 11.0. The van der Waals surface area contributed by atoms with E-state index in [0.717, 1.165) is 22.3 Å². The minimum Gasteiger partial charge on any atom is -0.481 e. The molecular weight excluding hydrogens is 416 g/mol. The van der Waals surface area contributed by atoms with Crippen LogP contribution in [0.2, 0.25) is 0 Å². The number of carbonyl (C=O) groups is 2. The molecule has 0 spiro atoms. The molecule has 1 heterocycles. The number of alkyl halides is 2. The summed E-state index contributed by atoms with van der Waals surface area (Å²) in [6, 6.07) is 16.0. The van der Waals surface area contributed by atoms with Crippen molar-refractivity contribution < 1.29 is 28.2 Å². The first-order valence-corrected chi connectivity index (χ1v) is 11.0. The van der Waals surface area contributed by atoms with Crippen LogP contribution in [0.1, 0.15) is 42.7 Å². The molecule has 2 aliphatic carbocycles. The van der Waals surface area contributed by atoms with Crippen LogP contribution in [0.3, 0.4) is 0 Å². The van der Waals surface area contributed by atoms with Crippen molar-refractivity contribution >= 4 is 12.1 Å². The monoisotopic (exact) mass is 441 g/mol. The molecule has 2 aromatic rings. The smallest absolute Gasteiger partial charge is 0.409 e. The first-order chi connectivity index (χ1) is 15.3. The van der Waals surface area contributed by atoms with Gasteiger partial charge in [0, 0.05) is 31.8 Å². The van der Waals surface area contributed by atoms with E-state index in [2.05, 4.69) is 12.1 Å². The van der Waals surface area contributed by atoms with Crippen molar-refractivity contribution in [3.63, 3.8) is 0 Å². The Morgan fingerprint density at radius 3 is 2.28 bits per heavy atom. The summed E-state index contributed by atoms with van der Waals surface area (Å²) >= 11 is 0. The topological polar surface area (TPSA) is 66.8 Å². The van der Waals surface area contributed by atoms with Crippen molar-refractivity contribution in [2.24, 2.45) is 11.3 Å². The number of halogens is 2. The van der Waals surface area contributed by atoms with E-state index in [4.69, 9.17) is 4.74 Å². The Balaban J connectivity index is 1.31. The Morgan fingerprint density at radius 2 is 1.66 bits per heavy atom. The summed E-state index contributed by atoms with van der Waals surface area (Å²) in [6.45, 7) is 0.289. The van der Waals surface area contributed by atoms with Gasteiger partial charge in [0.15, 0.2) is 0 Å². The highest BCUT2D eigenvalue weighted by atomic mass is 19.3. The molecule has 0 bridgehead atoms. The molecule has 7 heteroatoms. The fraction of sp³-hybridized carbons (Fsp3) is 0.440. The zero-order valence-corrected chi connectivity index (χ0v) is 17.6. The second kappa shape index (κ2) is 7.57. The van der Waals surface area contributed by atoms with Gasteiger partial charge in [0.2, 0.25) is 5.92 Å². The Kier molecular flexibility index (Phi) is 4.95. The predicted molar refractivity (Wildman–Crippen MR) is 114 cm³/mol. The summed E-state index contributed by atoms with van der Waals surface area (Å²) in [7, 11) is 0. The van der Waals surface area contributed by atoms with E-state index in [0.29, 0.717) is 0 Å². The number of nitrogens with zero attached hydrogens (tertiary/aromatic N) is 1. The van der Waals surface area contributed by atoms with Gasteiger partial charge in [0.05, 0.1) is 5.41 Å². The number of hydrogen-bond donors (Lipinski definition) is 1. The van der Waals surface area contributed by atoms with Crippen LogP contribution in [0.4, 0.5) is 13.6 Å². The number of amides is 1. The second-order valence-electron chi connectivity index (χ2n) is 9.23. The normalized spacial score (nSPS) is 26.1. The van der Waals surface area contributed by atoms with Crippen LogP contribution >= 0.6 is 0 Å². The largest absolute Gasteiger partial charge is 0.481 e. The lowest BCUT2D eigenvalue weighted by Gasteiger charge is -2.49. The van der Waals surface area contributed by atoms with Crippen molar-refractivity contribution in [3.05, 3.63) is 59.7 Å². The molecule has 2 atom stereocenters. The molecule has 1 amide bonds. The van der Waals surface area contributed by atoms with E-state index in [1.54, 1.807) is 0 Å². The van der Waals surface area contributed by atoms with Crippen LogP contribution in [-0.4, -0.2) is 47.7 Å². The van der Waals surface area contributed by atoms with Gasteiger partial charge in [0.25, 0.3) is 0 Å². The average Bonchev–Trinajstić information content (AvgIpc) is 3.10. The highest BCUT2D eigenvalue weighted by Gasteiger charge is 2.57. The standard InChI is InChI=1S/C25H25F2NO4/c26-25(27)11-10-24(22(29)30)15-28(12-9-16(24)13-25)23(31)32-14-21-19-7-3-1-5-17(19)18-6-2-4-8-20(18)21/h1-8,16,21H,9-15H2,(H,29,30). The molecule has 2 unspecified atom stereocenters. The fourth-order valence-corrected chi connectivity index (χ4v) is 5.78. The molecule has 32 heavy (non-hydrogen) atoms. The fourth-order valence-electron chi connectivity index (χ4n) is 5.78. The van der Waals surface area contributed by atoms with Crippen LogP contribution in [0.25, 0.3) is 11.1 Å². The molecule has 1 saturated carbocycles. The summed E-state index contributed by atoms with van der Waals surface area (Å²) < 4.78 is 33.5. The highest BCUT2D eigenvalue weighted by molar-refractivity contribution is 5.80. The summed E-state index contributed by atoms with van der Waals surface area (Å²) in [5.74, 6) is -4.67. The van der Waals surface area contributed by atoms with Crippen LogP contribution < -0.4 is 0 Å². The van der Waals surface area contributed by atoms with Crippen molar-refractivity contribution in [3.8, 4) is 11.1 Å². The van der Waals surface area contributed by atoms with Gasteiger partial charge < -0.3 is 14.7 Å². The van der Waals surface area contributed by atoms with Crippen LogP contribution in [0.5, 0.6) is 0 Å². The minimum atomic E-state index is -2.84. The molecule has 5 nitrogen and oxygen atoms in total. The number of fused-ring (bicyclic) bond motifs is 4. The number of benzene rings is 2. The number of carbonyl (C=O) groups excluding carboxylic acids is 1. The zero-order chi connectivity index (χ0) is 22.5. The van der Waals surface area contributed by atoms with Gasteiger partial charge in [-0.3, -0.25) is 4.79 Å². The Bertz CT molecular complexity index is 1030. The minimum absolute atomic E-state index is 0.0836. The molecule has 5 rings (SSSR count). The van der Waals surface area contributed by atoms with Gasteiger partial charge in [-0.25, -0.2) is 13.6 Å². The lowest BCUT2D eigenvalue weighted by molar-refractivity contribution is -0.172. The quantitative estimate of drug-likeness (QED) is 0.716. The number of ether oxygens (including phenoxy) is 1. The third kappa shape index (κ3) is 3.34. The van der Waals surface area contributed by atoms with Crippen LogP contribution in [-0.2, 0) is 9.53 Å². The van der Waals surface area contributed by atoms with Gasteiger partial charge in [-0.1, -0.05) is 48.5 Å². The number of aliphatic carboxylic acids is 1. The molecule has 2 fully saturated rings. The predicted octanol–water partition coefficient (Wildman–Crippen LogP) is 5.15. The summed E-state index contributed by atoms with van der Waals surface area (Å²) in [5.41, 5.74) is 3.11. The van der Waals surface area contributed by atoms with E-state index < -0.39 is 42.2 Å². The molecule has 1 saturated heterocycles. The summed E-state index contributed by atoms with van der Waals surface area (Å²) in [5, 5.41) is 9.89. The highest BCUT2D eigenvalue weighted by Crippen LogP contribution is 2.51. The summed E-state index contributed by atoms with van der Waals surface area (Å²) in [6.07, 6.45) is -1.37. The summed E-state index contributed by atoms with van der Waals surface area (Å²) in [4.78, 5) is 26.4. The number of likely N-dealkylation sites (tertiary alicyclic amines) is 1. The molecule has 168 valence electrons. The van der Waals surface area contributed by atoms with Crippen molar-refractivity contribution in [1.82, 2.24) is 4.90 Å². The third-order valence-corrected chi connectivity index (χ3v) is 7.50. The average molecular weight is 441 g/mol. The number of hydrogen-bond acceptors (Lipinski definition) is 3. The van der Waals surface area contributed by atoms with Gasteiger partial charge in [-0.15, -0.1) is 0 Å². The van der Waals surface area contributed by atoms with Gasteiger partial charge in [-0.05, 0) is 41.0 Å². The first kappa shape index (κ1) is 20.9. The van der Waals surface area contributed by atoms with E-state index in [1.165, 1.54) is 4.90 Å². The maximum atomic E-state index is 13.9. The zero-order valence-electron chi connectivity index (χ0n) is 17.6. The number of carboxylic acids is 1. The maximum Gasteiger partial charge on any atom is 0.409 e. The van der Waals surface area contributed by atoms with E-state index >= 15 is 0 Å². The second-order valence-corrected chi connectivity index (χ2v) is 9.23.